The SMILES string of the molecule is CCc1ccc(Cl)c(CC)c1NC(=O)CCCN1C(=O)c2ccc(C)cc2C1=O. The molecule has 0 saturated carbocycles. The van der Waals surface area contributed by atoms with E-state index in [1.807, 2.05) is 39.0 Å². The van der Waals surface area contributed by atoms with Gasteiger partial charge in [0.25, 0.3) is 11.8 Å². The van der Waals surface area contributed by atoms with Crippen molar-refractivity contribution in [3.8, 4) is 0 Å². The van der Waals surface area contributed by atoms with Crippen molar-refractivity contribution in [3.05, 3.63) is 63.2 Å². The highest BCUT2D eigenvalue weighted by Gasteiger charge is 2.35. The predicted molar refractivity (Wildman–Crippen MR) is 115 cm³/mol. The number of imide groups is 1. The van der Waals surface area contributed by atoms with Crippen LogP contribution in [0.4, 0.5) is 5.69 Å². The quantitative estimate of drug-likeness (QED) is 0.665. The summed E-state index contributed by atoms with van der Waals surface area (Å²) in [6.07, 6.45) is 2.12. The van der Waals surface area contributed by atoms with E-state index in [1.54, 1.807) is 12.1 Å². The van der Waals surface area contributed by atoms with Crippen molar-refractivity contribution in [2.75, 3.05) is 11.9 Å². The van der Waals surface area contributed by atoms with E-state index >= 15 is 0 Å². The van der Waals surface area contributed by atoms with Crippen LogP contribution < -0.4 is 5.32 Å². The molecule has 0 saturated heterocycles. The van der Waals surface area contributed by atoms with Crippen molar-refractivity contribution in [1.29, 1.82) is 0 Å². The predicted octanol–water partition coefficient (Wildman–Crippen LogP) is 4.79. The van der Waals surface area contributed by atoms with E-state index in [4.69, 9.17) is 11.6 Å². The summed E-state index contributed by atoms with van der Waals surface area (Å²) < 4.78 is 0. The summed E-state index contributed by atoms with van der Waals surface area (Å²) in [4.78, 5) is 38.7. The second kappa shape index (κ2) is 8.78. The number of hydrogen-bond acceptors (Lipinski definition) is 3. The molecule has 152 valence electrons. The van der Waals surface area contributed by atoms with Gasteiger partial charge in [0, 0.05) is 23.7 Å². The van der Waals surface area contributed by atoms with Crippen molar-refractivity contribution < 1.29 is 14.4 Å². The van der Waals surface area contributed by atoms with Crippen LogP contribution in [-0.2, 0) is 17.6 Å². The van der Waals surface area contributed by atoms with E-state index in [-0.39, 0.29) is 30.7 Å². The molecule has 3 amide bonds. The van der Waals surface area contributed by atoms with Crippen LogP contribution in [-0.4, -0.2) is 29.2 Å². The second-order valence-electron chi connectivity index (χ2n) is 7.23. The minimum absolute atomic E-state index is 0.149. The fourth-order valence-corrected chi connectivity index (χ4v) is 3.97. The van der Waals surface area contributed by atoms with Crippen LogP contribution in [0.2, 0.25) is 5.02 Å². The van der Waals surface area contributed by atoms with Gasteiger partial charge in [-0.2, -0.15) is 0 Å². The summed E-state index contributed by atoms with van der Waals surface area (Å²) >= 11 is 6.29. The van der Waals surface area contributed by atoms with Gasteiger partial charge >= 0.3 is 0 Å². The number of rotatable bonds is 7. The van der Waals surface area contributed by atoms with Gasteiger partial charge in [0.2, 0.25) is 5.91 Å². The summed E-state index contributed by atoms with van der Waals surface area (Å²) in [5.41, 5.74) is 4.56. The molecule has 0 aromatic heterocycles. The lowest BCUT2D eigenvalue weighted by Gasteiger charge is -2.17. The van der Waals surface area contributed by atoms with Gasteiger partial charge < -0.3 is 5.32 Å². The number of benzene rings is 2. The number of aryl methyl sites for hydroxylation is 2. The highest BCUT2D eigenvalue weighted by molar-refractivity contribution is 6.32. The molecule has 29 heavy (non-hydrogen) atoms. The molecular weight excluding hydrogens is 388 g/mol. The number of fused-ring (bicyclic) bond motifs is 1. The van der Waals surface area contributed by atoms with Crippen LogP contribution in [0, 0.1) is 6.92 Å². The fraction of sp³-hybridized carbons (Fsp3) is 0.348. The number of nitrogens with zero attached hydrogens (tertiary/aromatic N) is 1. The van der Waals surface area contributed by atoms with Crippen LogP contribution in [0.25, 0.3) is 0 Å². The third-order valence-corrected chi connectivity index (χ3v) is 5.61. The van der Waals surface area contributed by atoms with Gasteiger partial charge in [-0.25, -0.2) is 0 Å². The number of amides is 3. The first-order chi connectivity index (χ1) is 13.9. The molecule has 3 rings (SSSR count). The van der Waals surface area contributed by atoms with Crippen molar-refractivity contribution >= 4 is 35.0 Å². The van der Waals surface area contributed by atoms with E-state index in [2.05, 4.69) is 5.32 Å². The number of hydrogen-bond donors (Lipinski definition) is 1. The molecule has 0 bridgehead atoms. The highest BCUT2D eigenvalue weighted by atomic mass is 35.5. The minimum atomic E-state index is -0.290. The van der Waals surface area contributed by atoms with Gasteiger partial charge in [-0.1, -0.05) is 43.1 Å². The van der Waals surface area contributed by atoms with E-state index in [1.165, 1.54) is 4.90 Å². The average Bonchev–Trinajstić information content (AvgIpc) is 2.92. The molecule has 2 aromatic rings. The van der Waals surface area contributed by atoms with Crippen LogP contribution in [0.3, 0.4) is 0 Å². The molecule has 0 radical (unpaired) electrons. The van der Waals surface area contributed by atoms with Crippen molar-refractivity contribution in [1.82, 2.24) is 4.90 Å². The van der Waals surface area contributed by atoms with Crippen LogP contribution >= 0.6 is 11.6 Å². The van der Waals surface area contributed by atoms with Gasteiger partial charge in [0.05, 0.1) is 11.1 Å². The normalized spacial score (nSPS) is 13.0. The van der Waals surface area contributed by atoms with Crippen LogP contribution in [0.15, 0.2) is 30.3 Å². The first-order valence-electron chi connectivity index (χ1n) is 9.94. The maximum Gasteiger partial charge on any atom is 0.261 e. The lowest BCUT2D eigenvalue weighted by molar-refractivity contribution is -0.116. The Hall–Kier alpha value is -2.66. The molecule has 6 heteroatoms. The first kappa shape index (κ1) is 21.1. The van der Waals surface area contributed by atoms with Crippen LogP contribution in [0.5, 0.6) is 0 Å². The summed E-state index contributed by atoms with van der Waals surface area (Å²) in [5.74, 6) is -0.726. The number of carbonyl (C=O) groups is 3. The Bertz CT molecular complexity index is 984. The minimum Gasteiger partial charge on any atom is -0.326 e. The lowest BCUT2D eigenvalue weighted by Crippen LogP contribution is -2.31. The Labute approximate surface area is 176 Å². The fourth-order valence-electron chi connectivity index (χ4n) is 3.67. The maximum atomic E-state index is 12.5. The molecule has 1 heterocycles. The molecule has 0 unspecified atom stereocenters. The monoisotopic (exact) mass is 412 g/mol. The second-order valence-corrected chi connectivity index (χ2v) is 7.64. The third-order valence-electron chi connectivity index (χ3n) is 5.25. The number of halogens is 1. The first-order valence-corrected chi connectivity index (χ1v) is 10.3. The lowest BCUT2D eigenvalue weighted by atomic mass is 10.0. The zero-order chi connectivity index (χ0) is 21.1. The Morgan fingerprint density at radius 3 is 2.45 bits per heavy atom. The molecule has 0 fully saturated rings. The number of anilines is 1. The van der Waals surface area contributed by atoms with Gasteiger partial charge in [0.1, 0.15) is 0 Å². The van der Waals surface area contributed by atoms with Gasteiger partial charge in [-0.05, 0) is 55.5 Å². The molecule has 2 aromatic carbocycles. The highest BCUT2D eigenvalue weighted by Crippen LogP contribution is 2.30. The van der Waals surface area contributed by atoms with Crippen molar-refractivity contribution in [2.45, 2.75) is 46.5 Å². The van der Waals surface area contributed by atoms with Crippen molar-refractivity contribution in [3.63, 3.8) is 0 Å². The number of carbonyl (C=O) groups excluding carboxylic acids is 3. The smallest absolute Gasteiger partial charge is 0.261 e. The summed E-state index contributed by atoms with van der Waals surface area (Å²) in [6, 6.07) is 9.04. The Morgan fingerprint density at radius 2 is 1.76 bits per heavy atom. The van der Waals surface area contributed by atoms with E-state index in [9.17, 15) is 14.4 Å². The average molecular weight is 413 g/mol. The molecule has 5 nitrogen and oxygen atoms in total. The van der Waals surface area contributed by atoms with Crippen molar-refractivity contribution in [2.24, 2.45) is 0 Å². The van der Waals surface area contributed by atoms with E-state index in [0.29, 0.717) is 22.6 Å². The Balaban J connectivity index is 1.63. The Morgan fingerprint density at radius 1 is 1.03 bits per heavy atom. The molecule has 1 aliphatic rings. The van der Waals surface area contributed by atoms with Gasteiger partial charge in [-0.3, -0.25) is 19.3 Å². The molecular formula is C23H25ClN2O3. The molecule has 1 N–H and O–H groups in total. The summed E-state index contributed by atoms with van der Waals surface area (Å²) in [7, 11) is 0. The van der Waals surface area contributed by atoms with Gasteiger partial charge in [-0.15, -0.1) is 0 Å². The topological polar surface area (TPSA) is 66.5 Å². The molecule has 0 spiro atoms. The standard InChI is InChI=1S/C23H25ClN2O3/c1-4-15-9-11-19(24)16(5-2)21(15)25-20(27)7-6-12-26-22(28)17-10-8-14(3)13-18(17)23(26)29/h8-11,13H,4-7,12H2,1-3H3,(H,25,27). The van der Waals surface area contributed by atoms with E-state index < -0.39 is 0 Å². The summed E-state index contributed by atoms with van der Waals surface area (Å²) in [5, 5.41) is 3.62. The largest absolute Gasteiger partial charge is 0.326 e. The zero-order valence-electron chi connectivity index (χ0n) is 17.0. The molecule has 0 atom stereocenters. The third kappa shape index (κ3) is 4.20. The van der Waals surface area contributed by atoms with Gasteiger partial charge in [0.15, 0.2) is 0 Å². The summed E-state index contributed by atoms with van der Waals surface area (Å²) in [6.45, 7) is 6.13. The van der Waals surface area contributed by atoms with E-state index in [0.717, 1.165) is 35.2 Å². The maximum absolute atomic E-state index is 12.5. The molecule has 1 aliphatic heterocycles. The Kier molecular flexibility index (Phi) is 6.38. The van der Waals surface area contributed by atoms with Crippen LogP contribution in [0.1, 0.15) is 64.1 Å². The number of nitrogens with one attached hydrogen (secondary N) is 1. The molecule has 0 aliphatic carbocycles. The zero-order valence-corrected chi connectivity index (χ0v) is 17.7.